The number of benzene rings is 1. The summed E-state index contributed by atoms with van der Waals surface area (Å²) in [5.41, 5.74) is 13.9. The van der Waals surface area contributed by atoms with Gasteiger partial charge < -0.3 is 64.7 Å². The van der Waals surface area contributed by atoms with Crippen LogP contribution in [0.1, 0.15) is 179 Å². The summed E-state index contributed by atoms with van der Waals surface area (Å²) >= 11 is 6.28. The Hall–Kier alpha value is -7.63. The minimum absolute atomic E-state index is 0.0205. The summed E-state index contributed by atoms with van der Waals surface area (Å²) in [6.45, 7) is 17.5. The second kappa shape index (κ2) is 43.0. The van der Waals surface area contributed by atoms with Crippen LogP contribution in [0.15, 0.2) is 36.5 Å². The lowest BCUT2D eigenvalue weighted by Gasteiger charge is -2.33. The Morgan fingerprint density at radius 2 is 1.23 bits per heavy atom. The normalized spacial score (nSPS) is 23.3. The van der Waals surface area contributed by atoms with Gasteiger partial charge in [0, 0.05) is 47.6 Å². The van der Waals surface area contributed by atoms with Crippen molar-refractivity contribution in [3.05, 3.63) is 47.1 Å². The average Bonchev–Trinajstić information content (AvgIpc) is 1.49. The maximum atomic E-state index is 14.7. The van der Waals surface area contributed by atoms with Crippen LogP contribution in [0.2, 0.25) is 5.02 Å². The number of nitrogens with one attached hydrogen (secondary N) is 11. The van der Waals surface area contributed by atoms with Gasteiger partial charge in [-0.2, -0.15) is 0 Å². The van der Waals surface area contributed by atoms with Crippen molar-refractivity contribution < 1.29 is 67.1 Å². The molecule has 0 radical (unpaired) electrons. The van der Waals surface area contributed by atoms with Crippen molar-refractivity contribution in [3.63, 3.8) is 0 Å². The molecule has 12 atom stereocenters. The number of hydrogen-bond donors (Lipinski definition) is 14. The monoisotopic (exact) mass is 1390 g/mol. The minimum atomic E-state index is -1.67. The standard InChI is InChI=1S/C68H106ClN13O14.CH5N/c1-38(2)30-48-36-73-51(26-27-55(70)85)59(89)58(88)43(7)78-65(95)53(31-47-35-74-52-32-49(69)24-25-50(47)52)75-37-54(84)67(11,76-34-40(4)83)28-22-20-18-16-14-13-15-17-19-21-23-29-68(12,82-64(48)94)66(96)81-46(10)63(93)80-45(9)62(92)79-44(8)61(91)77-42(6)57(87)56(86)41(5)72-33-39(3)60(71)90;1-2/h17,19,24-25,32,35,38-39,41-46,48,51,53,72-76H,13-16,18,20-23,26-31,33-34,36-37H2,1-12H3,(H2,70,85)(H2,71,90)(H,77,91)(H,78,95)(H,79,92)(H,80,93)(H,81,96)(H,82,94);2H2,1H3/b19-17+;/t39-,41-,42-,43?,44?,45-,46?,48+,51-,53-,67+,68-;/m0./s1. The number of carbonyl (C=O) groups is 14. The Morgan fingerprint density at radius 3 is 1.82 bits per heavy atom. The van der Waals surface area contributed by atoms with Crippen LogP contribution in [0.25, 0.3) is 10.9 Å². The molecule has 0 aliphatic carbocycles. The summed E-state index contributed by atoms with van der Waals surface area (Å²) in [7, 11) is 1.50. The van der Waals surface area contributed by atoms with Gasteiger partial charge in [0.05, 0.1) is 54.8 Å². The van der Waals surface area contributed by atoms with E-state index in [2.05, 4.69) is 70.0 Å². The number of aromatic amines is 1. The van der Waals surface area contributed by atoms with E-state index in [1.54, 1.807) is 38.2 Å². The van der Waals surface area contributed by atoms with Gasteiger partial charge >= 0.3 is 0 Å². The van der Waals surface area contributed by atoms with E-state index in [-0.39, 0.29) is 75.8 Å². The quantitative estimate of drug-likeness (QED) is 0.0499. The SMILES string of the molecule is CC(=O)CN[C@]1(C)CCCCCCCC/C=C/CCC[C@@](C)(C(=O)NC(C)C(=O)N[C@@H](C)C(=O)NC(C)C(=O)N[C@@H](C)C(=O)C(=O)[C@H](C)NC[C@H](C)C(N)=O)NC(=O)[C@H](CC(C)C)CN[C@@H](CCC(N)=O)C(=O)C(=O)C(C)NC(=O)[C@H](Cc2c[nH]c3cc(Cl)ccc23)NCC1=O.CN. The smallest absolute Gasteiger partial charge is 0.246 e. The maximum absolute atomic E-state index is 14.7. The fourth-order valence-electron chi connectivity index (χ4n) is 10.8. The summed E-state index contributed by atoms with van der Waals surface area (Å²) in [4.78, 5) is 191. The van der Waals surface area contributed by atoms with E-state index in [1.165, 1.54) is 62.4 Å². The third-order valence-corrected chi connectivity index (χ3v) is 17.5. The molecule has 0 saturated heterocycles. The van der Waals surface area contributed by atoms with Crippen LogP contribution in [0.3, 0.4) is 0 Å². The van der Waals surface area contributed by atoms with Gasteiger partial charge in [-0.25, -0.2) is 0 Å². The van der Waals surface area contributed by atoms with E-state index in [0.717, 1.165) is 43.9 Å². The fourth-order valence-corrected chi connectivity index (χ4v) is 11.0. The maximum Gasteiger partial charge on any atom is 0.246 e. The lowest BCUT2D eigenvalue weighted by atomic mass is 9.88. The highest BCUT2D eigenvalue weighted by atomic mass is 35.5. The van der Waals surface area contributed by atoms with Crippen molar-refractivity contribution in [1.29, 1.82) is 0 Å². The first-order chi connectivity index (χ1) is 46.0. The van der Waals surface area contributed by atoms with Crippen LogP contribution >= 0.6 is 11.6 Å². The van der Waals surface area contributed by atoms with Crippen molar-refractivity contribution in [2.24, 2.45) is 35.0 Å². The van der Waals surface area contributed by atoms with Crippen molar-refractivity contribution in [2.75, 3.05) is 33.2 Å². The molecule has 0 bridgehead atoms. The van der Waals surface area contributed by atoms with Crippen molar-refractivity contribution in [1.82, 2.24) is 58.2 Å². The van der Waals surface area contributed by atoms with Gasteiger partial charge in [-0.1, -0.05) is 82.7 Å². The van der Waals surface area contributed by atoms with Gasteiger partial charge in [0.15, 0.2) is 5.78 Å². The van der Waals surface area contributed by atoms with Crippen LogP contribution < -0.4 is 70.4 Å². The number of allylic oxidation sites excluding steroid dienone is 2. The Kier molecular flexibility index (Phi) is 38.0. The first-order valence-electron chi connectivity index (χ1n) is 34.0. The van der Waals surface area contributed by atoms with Crippen molar-refractivity contribution >= 4 is 104 Å². The third kappa shape index (κ3) is 29.4. The molecule has 1 aromatic heterocycles. The summed E-state index contributed by atoms with van der Waals surface area (Å²) in [6.07, 6.45) is 12.7. The van der Waals surface area contributed by atoms with Gasteiger partial charge in [0.1, 0.15) is 29.4 Å². The molecule has 28 nitrogen and oxygen atoms in total. The predicted molar refractivity (Wildman–Crippen MR) is 375 cm³/mol. The molecule has 17 N–H and O–H groups in total. The number of halogens is 1. The Morgan fingerprint density at radius 1 is 0.673 bits per heavy atom. The topological polar surface area (TPSA) is 453 Å². The Labute approximate surface area is 581 Å². The van der Waals surface area contributed by atoms with Crippen LogP contribution in [0, 0.1) is 17.8 Å². The zero-order valence-corrected chi connectivity index (χ0v) is 60.3. The number of H-pyrrole nitrogens is 1. The van der Waals surface area contributed by atoms with E-state index < -0.39 is 142 Å². The number of ketones is 6. The highest BCUT2D eigenvalue weighted by molar-refractivity contribution is 6.41. The van der Waals surface area contributed by atoms with Crippen LogP contribution in [-0.2, 0) is 73.5 Å². The second-order valence-electron chi connectivity index (χ2n) is 26.6. The van der Waals surface area contributed by atoms with E-state index in [1.807, 2.05) is 19.9 Å². The number of Topliss-reactive ketones (excluding diaryl/α,β-unsaturated/α-hetero) is 6. The van der Waals surface area contributed by atoms with E-state index in [4.69, 9.17) is 23.1 Å². The van der Waals surface area contributed by atoms with Crippen molar-refractivity contribution in [2.45, 2.75) is 239 Å². The van der Waals surface area contributed by atoms with E-state index >= 15 is 0 Å². The fraction of sp³-hybridized carbons (Fsp3) is 0.652. The molecule has 0 spiro atoms. The molecule has 8 amide bonds. The van der Waals surface area contributed by atoms with Gasteiger partial charge in [-0.15, -0.1) is 0 Å². The molecule has 2 heterocycles. The molecule has 548 valence electrons. The molecule has 1 aromatic carbocycles. The van der Waals surface area contributed by atoms with Gasteiger partial charge in [0.2, 0.25) is 70.4 Å². The Balaban J connectivity index is 0.0000162. The number of nitrogens with two attached hydrogens (primary N) is 3. The van der Waals surface area contributed by atoms with Gasteiger partial charge in [-0.05, 0) is 151 Å². The molecule has 0 fully saturated rings. The highest BCUT2D eigenvalue weighted by Crippen LogP contribution is 2.25. The summed E-state index contributed by atoms with van der Waals surface area (Å²) in [5.74, 6) is -11.9. The molecule has 29 heteroatoms. The lowest BCUT2D eigenvalue weighted by molar-refractivity contribution is -0.140. The van der Waals surface area contributed by atoms with Gasteiger partial charge in [-0.3, -0.25) is 77.8 Å². The molecule has 3 rings (SSSR count). The number of rotatable bonds is 25. The van der Waals surface area contributed by atoms with Crippen LogP contribution in [-0.4, -0.2) is 180 Å². The van der Waals surface area contributed by atoms with Gasteiger partial charge in [0.25, 0.3) is 0 Å². The molecular weight excluding hydrogens is 1280 g/mol. The van der Waals surface area contributed by atoms with E-state index in [9.17, 15) is 67.1 Å². The zero-order chi connectivity index (χ0) is 74.2. The zero-order valence-electron chi connectivity index (χ0n) is 59.6. The van der Waals surface area contributed by atoms with Crippen LogP contribution in [0.4, 0.5) is 0 Å². The number of fused-ring (bicyclic) bond motifs is 1. The number of amides is 8. The summed E-state index contributed by atoms with van der Waals surface area (Å²) < 4.78 is 0. The van der Waals surface area contributed by atoms with E-state index in [0.29, 0.717) is 41.8 Å². The molecule has 1 aliphatic heterocycles. The molecular formula is C69H111ClN14O14. The molecule has 98 heavy (non-hydrogen) atoms. The number of aromatic nitrogens is 1. The average molecular weight is 1400 g/mol. The lowest BCUT2D eigenvalue weighted by Crippen LogP contribution is -2.62. The molecule has 3 unspecified atom stereocenters. The predicted octanol–water partition coefficient (Wildman–Crippen LogP) is 1.92. The number of carbonyl (C=O) groups excluding carboxylic acids is 14. The first kappa shape index (κ1) is 86.5. The highest BCUT2D eigenvalue weighted by Gasteiger charge is 2.40. The third-order valence-electron chi connectivity index (χ3n) is 17.3. The van der Waals surface area contributed by atoms with Crippen molar-refractivity contribution in [3.8, 4) is 0 Å². The van der Waals surface area contributed by atoms with Crippen LogP contribution in [0.5, 0.6) is 0 Å². The number of hydrogen-bond acceptors (Lipinski definition) is 19. The number of primary amides is 2. The largest absolute Gasteiger partial charge is 0.370 e. The minimum Gasteiger partial charge on any atom is -0.370 e. The Bertz CT molecular complexity index is 3120. The molecule has 0 saturated carbocycles. The summed E-state index contributed by atoms with van der Waals surface area (Å²) in [5, 5.41) is 28.9. The molecule has 1 aliphatic rings. The summed E-state index contributed by atoms with van der Waals surface area (Å²) in [6, 6.07) is -4.86. The second-order valence-corrected chi connectivity index (χ2v) is 27.0. The molecule has 2 aromatic rings. The first-order valence-corrected chi connectivity index (χ1v) is 34.4.